The molecule has 80 valence electrons. The molecule has 0 atom stereocenters. The fraction of sp³-hybridized carbons (Fsp3) is 0. The Hall–Kier alpha value is -2.71. The molecule has 0 saturated heterocycles. The molecular formula is C15H9NO. The fourth-order valence-electron chi connectivity index (χ4n) is 1.43. The third kappa shape index (κ3) is 2.27. The first kappa shape index (κ1) is 10.8. The van der Waals surface area contributed by atoms with Gasteiger partial charge < -0.3 is 5.11 Å². The van der Waals surface area contributed by atoms with Crippen LogP contribution in [0.1, 0.15) is 11.1 Å². The van der Waals surface area contributed by atoms with Crippen LogP contribution in [0.4, 0.5) is 0 Å². The van der Waals surface area contributed by atoms with Gasteiger partial charge >= 0.3 is 0 Å². The predicted octanol–water partition coefficient (Wildman–Crippen LogP) is 2.91. The van der Waals surface area contributed by atoms with E-state index in [4.69, 9.17) is 11.7 Å². The number of rotatable bonds is 0. The summed E-state index contributed by atoms with van der Waals surface area (Å²) in [5.41, 5.74) is 3.41. The van der Waals surface area contributed by atoms with Crippen LogP contribution in [0.3, 0.4) is 0 Å². The van der Waals surface area contributed by atoms with E-state index in [0.717, 1.165) is 0 Å². The van der Waals surface area contributed by atoms with Crippen molar-refractivity contribution in [3.63, 3.8) is 0 Å². The fourth-order valence-corrected chi connectivity index (χ4v) is 1.43. The van der Waals surface area contributed by atoms with Crippen LogP contribution in [-0.4, -0.2) is 5.11 Å². The Bertz CT molecular complexity index is 595. The zero-order chi connectivity index (χ0) is 12.3. The van der Waals surface area contributed by atoms with E-state index < -0.39 is 0 Å². The van der Waals surface area contributed by atoms with Crippen molar-refractivity contribution < 1.29 is 5.11 Å². The van der Waals surface area contributed by atoms with E-state index >= 15 is 0 Å². The predicted molar refractivity (Wildman–Crippen MR) is 66.2 cm³/mol. The van der Waals surface area contributed by atoms with Crippen LogP contribution in [0.15, 0.2) is 42.5 Å². The molecule has 0 radical (unpaired) electrons. The van der Waals surface area contributed by atoms with Gasteiger partial charge in [-0.2, -0.15) is 5.26 Å². The molecular weight excluding hydrogens is 210 g/mol. The summed E-state index contributed by atoms with van der Waals surface area (Å²) in [6.07, 6.45) is 5.05. The number of nitrogens with zero attached hydrogens (tertiary/aromatic N) is 1. The number of phenols is 1. The topological polar surface area (TPSA) is 44.0 Å². The van der Waals surface area contributed by atoms with Crippen molar-refractivity contribution in [1.29, 1.82) is 5.26 Å². The highest BCUT2D eigenvalue weighted by atomic mass is 16.3. The highest BCUT2D eigenvalue weighted by molar-refractivity contribution is 5.80. The summed E-state index contributed by atoms with van der Waals surface area (Å²) >= 11 is 0. The van der Waals surface area contributed by atoms with Crippen LogP contribution in [-0.2, 0) is 0 Å². The van der Waals surface area contributed by atoms with Crippen molar-refractivity contribution in [2.45, 2.75) is 0 Å². The third-order valence-corrected chi connectivity index (χ3v) is 2.42. The average molecular weight is 219 g/mol. The quantitative estimate of drug-likeness (QED) is 0.591. The van der Waals surface area contributed by atoms with E-state index in [0.29, 0.717) is 5.56 Å². The lowest BCUT2D eigenvalue weighted by molar-refractivity contribution is 0.472. The second-order valence-corrected chi connectivity index (χ2v) is 3.54. The zero-order valence-corrected chi connectivity index (χ0v) is 9.01. The van der Waals surface area contributed by atoms with Gasteiger partial charge in [0.1, 0.15) is 11.8 Å². The summed E-state index contributed by atoms with van der Waals surface area (Å²) in [6, 6.07) is 15.0. The van der Waals surface area contributed by atoms with Gasteiger partial charge in [-0.3, -0.25) is 0 Å². The maximum Gasteiger partial charge on any atom is 0.148 e. The number of terminal acetylenes is 1. The van der Waals surface area contributed by atoms with Crippen LogP contribution in [0, 0.1) is 23.7 Å². The first-order valence-corrected chi connectivity index (χ1v) is 5.05. The Kier molecular flexibility index (Phi) is 2.81. The monoisotopic (exact) mass is 219 g/mol. The summed E-state index contributed by atoms with van der Waals surface area (Å²) in [4.78, 5) is 0. The van der Waals surface area contributed by atoms with Gasteiger partial charge in [0.05, 0.1) is 11.1 Å². The largest absolute Gasteiger partial charge is 0.505 e. The Morgan fingerprint density at radius 3 is 2.00 bits per heavy atom. The SMILES string of the molecule is C#Cc1cccc(C#N)c1O.c1cc2cc-2c1. The van der Waals surface area contributed by atoms with Crippen molar-refractivity contribution in [3.05, 3.63) is 53.6 Å². The van der Waals surface area contributed by atoms with Crippen molar-refractivity contribution in [2.75, 3.05) is 0 Å². The van der Waals surface area contributed by atoms with Crippen LogP contribution in [0.2, 0.25) is 0 Å². The minimum absolute atomic E-state index is 0.113. The lowest BCUT2D eigenvalue weighted by Gasteiger charge is -1.96. The van der Waals surface area contributed by atoms with Crippen LogP contribution in [0.5, 0.6) is 5.75 Å². The summed E-state index contributed by atoms with van der Waals surface area (Å²) in [7, 11) is 0. The Labute approximate surface area is 99.8 Å². The van der Waals surface area contributed by atoms with E-state index in [1.165, 1.54) is 17.2 Å². The van der Waals surface area contributed by atoms with Crippen molar-refractivity contribution in [1.82, 2.24) is 0 Å². The lowest BCUT2D eigenvalue weighted by atomic mass is 10.1. The minimum atomic E-state index is -0.113. The molecule has 2 nitrogen and oxygen atoms in total. The maximum atomic E-state index is 9.22. The number of para-hydroxylation sites is 1. The van der Waals surface area contributed by atoms with Crippen molar-refractivity contribution in [2.24, 2.45) is 0 Å². The van der Waals surface area contributed by atoms with Gasteiger partial charge in [-0.15, -0.1) is 6.42 Å². The van der Waals surface area contributed by atoms with Gasteiger partial charge in [-0.05, 0) is 29.3 Å². The normalized spacial score (nSPS) is 9.29. The molecule has 0 bridgehead atoms. The molecule has 0 heterocycles. The maximum absolute atomic E-state index is 9.22. The van der Waals surface area contributed by atoms with E-state index in [-0.39, 0.29) is 11.3 Å². The molecule has 3 rings (SSSR count). The van der Waals surface area contributed by atoms with Gasteiger partial charge in [0.15, 0.2) is 0 Å². The van der Waals surface area contributed by atoms with E-state index in [9.17, 15) is 5.11 Å². The molecule has 0 fully saturated rings. The first-order valence-electron chi connectivity index (χ1n) is 5.05. The molecule has 2 aliphatic rings. The lowest BCUT2D eigenvalue weighted by Crippen LogP contribution is -1.80. The molecule has 1 N–H and O–H groups in total. The van der Waals surface area contributed by atoms with Gasteiger partial charge in [0.25, 0.3) is 0 Å². The smallest absolute Gasteiger partial charge is 0.148 e. The molecule has 0 spiro atoms. The Morgan fingerprint density at radius 1 is 1.00 bits per heavy atom. The third-order valence-electron chi connectivity index (χ3n) is 2.42. The van der Waals surface area contributed by atoms with Gasteiger partial charge in [-0.1, -0.05) is 30.2 Å². The number of benzene rings is 2. The van der Waals surface area contributed by atoms with Gasteiger partial charge in [0, 0.05) is 0 Å². The van der Waals surface area contributed by atoms with Gasteiger partial charge in [-0.25, -0.2) is 0 Å². The summed E-state index contributed by atoms with van der Waals surface area (Å²) in [5, 5.41) is 17.7. The Balaban J connectivity index is 0.000000148. The molecule has 17 heavy (non-hydrogen) atoms. The zero-order valence-electron chi connectivity index (χ0n) is 9.01. The second-order valence-electron chi connectivity index (χ2n) is 3.54. The van der Waals surface area contributed by atoms with E-state index in [1.807, 2.05) is 6.07 Å². The molecule has 0 saturated carbocycles. The number of nitriles is 1. The van der Waals surface area contributed by atoms with Gasteiger partial charge in [0.2, 0.25) is 0 Å². The number of hydrogen-bond donors (Lipinski definition) is 1. The molecule has 1 aromatic rings. The van der Waals surface area contributed by atoms with Crippen molar-refractivity contribution in [3.8, 4) is 35.3 Å². The number of aromatic hydroxyl groups is 1. The molecule has 1 aromatic carbocycles. The molecule has 0 aromatic heterocycles. The number of hydrogen-bond acceptors (Lipinski definition) is 2. The van der Waals surface area contributed by atoms with Crippen LogP contribution < -0.4 is 0 Å². The number of phenolic OH excluding ortho intramolecular Hbond substituents is 1. The molecule has 0 aliphatic heterocycles. The average Bonchev–Trinajstić information content (AvgIpc) is 2.97. The molecule has 2 heteroatoms. The van der Waals surface area contributed by atoms with Crippen LogP contribution >= 0.6 is 0 Å². The molecule has 0 amide bonds. The molecule has 2 aliphatic carbocycles. The minimum Gasteiger partial charge on any atom is -0.505 e. The molecule has 0 unspecified atom stereocenters. The van der Waals surface area contributed by atoms with Crippen molar-refractivity contribution >= 4 is 0 Å². The highest BCUT2D eigenvalue weighted by Crippen LogP contribution is 2.32. The summed E-state index contributed by atoms with van der Waals surface area (Å²) < 4.78 is 0. The van der Waals surface area contributed by atoms with E-state index in [1.54, 1.807) is 12.1 Å². The second kappa shape index (κ2) is 4.43. The highest BCUT2D eigenvalue weighted by Gasteiger charge is 2.07. The summed E-state index contributed by atoms with van der Waals surface area (Å²) in [6.45, 7) is 0. The Morgan fingerprint density at radius 2 is 1.59 bits per heavy atom. The van der Waals surface area contributed by atoms with Crippen LogP contribution in [0.25, 0.3) is 11.1 Å². The van der Waals surface area contributed by atoms with E-state index in [2.05, 4.69) is 30.2 Å². The number of fused-ring (bicyclic) bond motifs is 1. The first-order chi connectivity index (χ1) is 8.26. The standard InChI is InChI=1S/C9H5NO.C6H4/c1-2-7-4-3-5-8(6-10)9(7)11;1-2-5-4-6(5)3-1/h1,3-5,11H;1-4H. The summed E-state index contributed by atoms with van der Waals surface area (Å²) in [5.74, 6) is 2.16.